The molecule has 0 fully saturated rings. The van der Waals surface area contributed by atoms with Crippen molar-refractivity contribution in [1.82, 2.24) is 11.1 Å². The van der Waals surface area contributed by atoms with E-state index in [1.54, 1.807) is 14.2 Å². The molecule has 0 aliphatic heterocycles. The minimum absolute atomic E-state index is 0. The zero-order valence-electron chi connectivity index (χ0n) is 10.2. The van der Waals surface area contributed by atoms with E-state index in [4.69, 9.17) is 8.85 Å². The van der Waals surface area contributed by atoms with E-state index in [-0.39, 0.29) is 6.15 Å². The molecule has 0 saturated carbocycles. The van der Waals surface area contributed by atoms with Gasteiger partial charge < -0.3 is 15.0 Å². The van der Waals surface area contributed by atoms with Crippen molar-refractivity contribution in [3.63, 3.8) is 0 Å². The van der Waals surface area contributed by atoms with Crippen molar-refractivity contribution in [3.05, 3.63) is 0 Å². The first kappa shape index (κ1) is 16.5. The van der Waals surface area contributed by atoms with Crippen LogP contribution in [-0.4, -0.2) is 29.5 Å². The molecule has 0 spiro atoms. The lowest BCUT2D eigenvalue weighted by atomic mass is 10.2. The first-order valence-electron chi connectivity index (χ1n) is 4.95. The molecule has 0 aromatic rings. The maximum absolute atomic E-state index is 5.48. The minimum Gasteiger partial charge on any atom is -0.386 e. The summed E-state index contributed by atoms with van der Waals surface area (Å²) in [6.45, 7) is 7.42. The van der Waals surface area contributed by atoms with Gasteiger partial charge in [0.15, 0.2) is 0 Å². The zero-order chi connectivity index (χ0) is 10.3. The smallest absolute Gasteiger partial charge is 0.386 e. The van der Waals surface area contributed by atoms with Crippen molar-refractivity contribution >= 4 is 8.72 Å². The van der Waals surface area contributed by atoms with Gasteiger partial charge in [0.1, 0.15) is 0 Å². The summed E-state index contributed by atoms with van der Waals surface area (Å²) in [5.74, 6) is 0.704. The molecule has 0 heterocycles. The van der Waals surface area contributed by atoms with Gasteiger partial charge in [-0.15, -0.1) is 0 Å². The quantitative estimate of drug-likeness (QED) is 0.647. The molecular formula is C9H26N2O2Si. The third kappa shape index (κ3) is 5.72. The summed E-state index contributed by atoms with van der Waals surface area (Å²) in [5.41, 5.74) is 0. The second-order valence-electron chi connectivity index (χ2n) is 3.62. The Morgan fingerprint density at radius 1 is 1.21 bits per heavy atom. The Labute approximate surface area is 89.3 Å². The van der Waals surface area contributed by atoms with Gasteiger partial charge in [-0.2, -0.15) is 0 Å². The summed E-state index contributed by atoms with van der Waals surface area (Å²) in [6, 6.07) is 1.02. The monoisotopic (exact) mass is 222 g/mol. The molecular weight excluding hydrogens is 196 g/mol. The summed E-state index contributed by atoms with van der Waals surface area (Å²) in [7, 11) is 1.41. The van der Waals surface area contributed by atoms with Crippen LogP contribution in [0.1, 0.15) is 27.2 Å². The summed E-state index contributed by atoms with van der Waals surface area (Å²) >= 11 is 0. The van der Waals surface area contributed by atoms with Gasteiger partial charge in [0, 0.05) is 20.3 Å². The average molecular weight is 222 g/mol. The Bertz CT molecular complexity index is 130. The van der Waals surface area contributed by atoms with Gasteiger partial charge in [-0.1, -0.05) is 20.8 Å². The molecule has 0 aliphatic carbocycles. The van der Waals surface area contributed by atoms with Crippen LogP contribution in [0.5, 0.6) is 0 Å². The Balaban J connectivity index is 0. The topological polar surface area (TPSA) is 65.5 Å². The molecule has 0 bridgehead atoms. The van der Waals surface area contributed by atoms with Gasteiger partial charge in [-0.3, -0.25) is 4.98 Å². The number of rotatable bonds is 7. The fourth-order valence-corrected chi connectivity index (χ4v) is 3.80. The molecule has 0 amide bonds. The van der Waals surface area contributed by atoms with Crippen LogP contribution in [0.15, 0.2) is 0 Å². The molecule has 88 valence electrons. The van der Waals surface area contributed by atoms with E-state index < -0.39 is 8.72 Å². The van der Waals surface area contributed by atoms with Crippen LogP contribution in [0.3, 0.4) is 0 Å². The van der Waals surface area contributed by atoms with E-state index in [0.29, 0.717) is 5.92 Å². The van der Waals surface area contributed by atoms with Crippen LogP contribution in [0.4, 0.5) is 0 Å². The normalized spacial score (nSPS) is 11.6. The molecule has 0 radical (unpaired) electrons. The highest BCUT2D eigenvalue weighted by Crippen LogP contribution is 2.15. The zero-order valence-corrected chi connectivity index (χ0v) is 11.2. The fraction of sp³-hybridized carbons (Fsp3) is 1.00. The van der Waals surface area contributed by atoms with Gasteiger partial charge in [0.25, 0.3) is 0 Å². The molecule has 0 aliphatic rings. The van der Waals surface area contributed by atoms with E-state index in [2.05, 4.69) is 25.8 Å². The van der Waals surface area contributed by atoms with Gasteiger partial charge in [0.2, 0.25) is 0 Å². The van der Waals surface area contributed by atoms with Crippen molar-refractivity contribution in [1.29, 1.82) is 0 Å². The highest BCUT2D eigenvalue weighted by Gasteiger charge is 2.34. The largest absolute Gasteiger partial charge is 0.424 e. The van der Waals surface area contributed by atoms with Crippen LogP contribution in [0.25, 0.3) is 0 Å². The molecule has 4 N–H and O–H groups in total. The SMILES string of the molecule is CCN[Si](CCC(C)C)(OC)OC.N. The lowest BCUT2D eigenvalue weighted by Gasteiger charge is -2.27. The predicted molar refractivity (Wildman–Crippen MR) is 62.7 cm³/mol. The molecule has 0 aromatic heterocycles. The summed E-state index contributed by atoms with van der Waals surface area (Å²) < 4.78 is 11.0. The number of hydrogen-bond donors (Lipinski definition) is 2. The van der Waals surface area contributed by atoms with E-state index in [0.717, 1.165) is 19.0 Å². The fourth-order valence-electron chi connectivity index (χ4n) is 1.27. The lowest BCUT2D eigenvalue weighted by Crippen LogP contribution is -2.54. The van der Waals surface area contributed by atoms with Crippen LogP contribution >= 0.6 is 0 Å². The number of nitrogens with one attached hydrogen (secondary N) is 1. The summed E-state index contributed by atoms with van der Waals surface area (Å²) in [6.07, 6.45) is 1.15. The Morgan fingerprint density at radius 3 is 2.00 bits per heavy atom. The maximum atomic E-state index is 5.48. The van der Waals surface area contributed by atoms with E-state index in [1.165, 1.54) is 0 Å². The van der Waals surface area contributed by atoms with Gasteiger partial charge in [-0.25, -0.2) is 0 Å². The first-order valence-corrected chi connectivity index (χ1v) is 6.98. The van der Waals surface area contributed by atoms with Gasteiger partial charge in [-0.05, 0) is 18.9 Å². The summed E-state index contributed by atoms with van der Waals surface area (Å²) in [5, 5.41) is 0. The molecule has 5 heteroatoms. The minimum atomic E-state index is -2.06. The second-order valence-corrected chi connectivity index (χ2v) is 6.80. The maximum Gasteiger partial charge on any atom is 0.424 e. The van der Waals surface area contributed by atoms with E-state index in [9.17, 15) is 0 Å². The molecule has 14 heavy (non-hydrogen) atoms. The third-order valence-corrected chi connectivity index (χ3v) is 5.31. The van der Waals surface area contributed by atoms with Crippen molar-refractivity contribution in [3.8, 4) is 0 Å². The van der Waals surface area contributed by atoms with E-state index in [1.807, 2.05) is 0 Å². The molecule has 0 rings (SSSR count). The standard InChI is InChI=1S/C9H23NO2Si.H3N/c1-6-10-13(11-4,12-5)8-7-9(2)3;/h9-10H,6-8H2,1-5H3;1H3. The Hall–Kier alpha value is 0.0569. The summed E-state index contributed by atoms with van der Waals surface area (Å²) in [4.78, 5) is 3.35. The van der Waals surface area contributed by atoms with E-state index >= 15 is 0 Å². The Morgan fingerprint density at radius 2 is 1.71 bits per heavy atom. The van der Waals surface area contributed by atoms with Crippen molar-refractivity contribution in [2.75, 3.05) is 20.8 Å². The second kappa shape index (κ2) is 8.37. The van der Waals surface area contributed by atoms with Crippen LogP contribution < -0.4 is 11.1 Å². The molecule has 0 aromatic carbocycles. The van der Waals surface area contributed by atoms with Crippen LogP contribution in [0.2, 0.25) is 6.04 Å². The highest BCUT2D eigenvalue weighted by molar-refractivity contribution is 6.64. The van der Waals surface area contributed by atoms with Gasteiger partial charge in [0.05, 0.1) is 0 Å². The molecule has 4 nitrogen and oxygen atoms in total. The van der Waals surface area contributed by atoms with Crippen molar-refractivity contribution < 1.29 is 8.85 Å². The average Bonchev–Trinajstić information content (AvgIpc) is 2.12. The molecule has 0 atom stereocenters. The highest BCUT2D eigenvalue weighted by atomic mass is 28.4. The van der Waals surface area contributed by atoms with Crippen LogP contribution in [-0.2, 0) is 8.85 Å². The van der Waals surface area contributed by atoms with Crippen molar-refractivity contribution in [2.45, 2.75) is 33.2 Å². The van der Waals surface area contributed by atoms with Crippen LogP contribution in [0, 0.1) is 5.92 Å². The molecule has 0 saturated heterocycles. The van der Waals surface area contributed by atoms with Gasteiger partial charge >= 0.3 is 8.72 Å². The van der Waals surface area contributed by atoms with Crippen molar-refractivity contribution in [2.24, 2.45) is 5.92 Å². The first-order chi connectivity index (χ1) is 6.10. The predicted octanol–water partition coefficient (Wildman–Crippen LogP) is 2.04. The Kier molecular flexibility index (Phi) is 9.86. The third-order valence-electron chi connectivity index (χ3n) is 2.16. The number of hydrogen-bond acceptors (Lipinski definition) is 4. The lowest BCUT2D eigenvalue weighted by molar-refractivity contribution is 0.225. The molecule has 0 unspecified atom stereocenters.